The van der Waals surface area contributed by atoms with Crippen molar-refractivity contribution in [3.05, 3.63) is 0 Å². The molecule has 0 aromatic rings. The van der Waals surface area contributed by atoms with Crippen LogP contribution in [0.15, 0.2) is 0 Å². The summed E-state index contributed by atoms with van der Waals surface area (Å²) >= 11 is 10.1. The molecule has 0 fully saturated rings. The van der Waals surface area contributed by atoms with Crippen molar-refractivity contribution in [2.45, 2.75) is 0 Å². The summed E-state index contributed by atoms with van der Waals surface area (Å²) < 4.78 is 0. The van der Waals surface area contributed by atoms with Crippen LogP contribution in [0.2, 0.25) is 0 Å². The van der Waals surface area contributed by atoms with E-state index in [1.54, 1.807) is 0 Å². The zero-order valence-corrected chi connectivity index (χ0v) is 6.27. The summed E-state index contributed by atoms with van der Waals surface area (Å²) in [7, 11) is 0. The van der Waals surface area contributed by atoms with Gasteiger partial charge >= 0.3 is 0 Å². The second-order valence-corrected chi connectivity index (χ2v) is 1.13. The van der Waals surface area contributed by atoms with Crippen molar-refractivity contribution >= 4 is 23.2 Å². The molecule has 0 N–H and O–H groups in total. The van der Waals surface area contributed by atoms with Crippen molar-refractivity contribution in [3.63, 3.8) is 0 Å². The first kappa shape index (κ1) is 9.55. The molecule has 3 heteroatoms. The zero-order chi connectivity index (χ0) is 3.41. The van der Waals surface area contributed by atoms with E-state index in [1.807, 2.05) is 0 Å². The first-order valence-electron chi connectivity index (χ1n) is 1.03. The van der Waals surface area contributed by atoms with Crippen LogP contribution in [0.25, 0.3) is 0 Å². The standard InChI is InChI=1S/C2H4Cl2.Pt/c3-1-2-4;/h1-2H2;. The van der Waals surface area contributed by atoms with Crippen LogP contribution in [0, 0.1) is 0 Å². The minimum Gasteiger partial charge on any atom is -0.125 e. The van der Waals surface area contributed by atoms with Crippen LogP contribution in [0.5, 0.6) is 0 Å². The average molecular weight is 294 g/mol. The average Bonchev–Trinajstić information content (AvgIpc) is 1.37. The molecule has 0 aromatic carbocycles. The maximum atomic E-state index is 5.05. The van der Waals surface area contributed by atoms with E-state index in [0.29, 0.717) is 11.8 Å². The number of alkyl halides is 2. The summed E-state index contributed by atoms with van der Waals surface area (Å²) in [5.74, 6) is 1.11. The Morgan fingerprint density at radius 3 is 1.20 bits per heavy atom. The van der Waals surface area contributed by atoms with Gasteiger partial charge in [-0.2, -0.15) is 0 Å². The second kappa shape index (κ2) is 8.99. The molecule has 0 amide bonds. The Balaban J connectivity index is 0. The molecular weight excluding hydrogens is 290 g/mol. The summed E-state index contributed by atoms with van der Waals surface area (Å²) in [6, 6.07) is 0. The maximum Gasteiger partial charge on any atom is 0.0359 e. The molecule has 0 aliphatic carbocycles. The number of halogens is 2. The third-order valence-electron chi connectivity index (χ3n) is 0.0714. The largest absolute Gasteiger partial charge is 0.125 e. The van der Waals surface area contributed by atoms with Crippen molar-refractivity contribution in [2.75, 3.05) is 11.8 Å². The Kier molecular flexibility index (Phi) is 17.2. The fourth-order valence-corrected chi connectivity index (χ4v) is 0. The number of hydrogen-bond donors (Lipinski definition) is 0. The van der Waals surface area contributed by atoms with Crippen LogP contribution in [-0.2, 0) is 21.1 Å². The summed E-state index contributed by atoms with van der Waals surface area (Å²) in [6.07, 6.45) is 0. The van der Waals surface area contributed by atoms with Gasteiger partial charge in [0, 0.05) is 32.8 Å². The fourth-order valence-electron chi connectivity index (χ4n) is 0. The van der Waals surface area contributed by atoms with E-state index in [9.17, 15) is 0 Å². The Morgan fingerprint density at radius 2 is 1.20 bits per heavy atom. The van der Waals surface area contributed by atoms with Gasteiger partial charge in [0.05, 0.1) is 0 Å². The minimum atomic E-state index is 0. The topological polar surface area (TPSA) is 0 Å². The Hall–Kier alpha value is 1.27. The van der Waals surface area contributed by atoms with Gasteiger partial charge in [0.1, 0.15) is 0 Å². The van der Waals surface area contributed by atoms with E-state index in [-0.39, 0.29) is 21.1 Å². The normalized spacial score (nSPS) is 6.00. The van der Waals surface area contributed by atoms with E-state index in [1.165, 1.54) is 0 Å². The van der Waals surface area contributed by atoms with Gasteiger partial charge in [0.2, 0.25) is 0 Å². The SMILES string of the molecule is ClCCCl.[Pt]. The number of rotatable bonds is 1. The van der Waals surface area contributed by atoms with Crippen LogP contribution in [0.1, 0.15) is 0 Å². The van der Waals surface area contributed by atoms with Crippen LogP contribution in [0.3, 0.4) is 0 Å². The second-order valence-electron chi connectivity index (χ2n) is 0.378. The van der Waals surface area contributed by atoms with Crippen molar-refractivity contribution < 1.29 is 21.1 Å². The van der Waals surface area contributed by atoms with Gasteiger partial charge in [-0.25, -0.2) is 0 Å². The summed E-state index contributed by atoms with van der Waals surface area (Å²) in [5, 5.41) is 0. The monoisotopic (exact) mass is 293 g/mol. The van der Waals surface area contributed by atoms with E-state index in [2.05, 4.69) is 0 Å². The van der Waals surface area contributed by atoms with Crippen LogP contribution in [0.4, 0.5) is 0 Å². The van der Waals surface area contributed by atoms with Crippen molar-refractivity contribution in [2.24, 2.45) is 0 Å². The van der Waals surface area contributed by atoms with E-state index in [4.69, 9.17) is 23.2 Å². The van der Waals surface area contributed by atoms with Gasteiger partial charge < -0.3 is 0 Å². The first-order valence-corrected chi connectivity index (χ1v) is 2.10. The predicted molar refractivity (Wildman–Crippen MR) is 21.4 cm³/mol. The molecule has 0 saturated heterocycles. The van der Waals surface area contributed by atoms with Gasteiger partial charge in [-0.05, 0) is 0 Å². The van der Waals surface area contributed by atoms with Gasteiger partial charge in [-0.1, -0.05) is 0 Å². The van der Waals surface area contributed by atoms with Crippen molar-refractivity contribution in [1.29, 1.82) is 0 Å². The Labute approximate surface area is 56.1 Å². The Bertz CT molecular complexity index is 9.61. The molecule has 0 nitrogen and oxygen atoms in total. The summed E-state index contributed by atoms with van der Waals surface area (Å²) in [4.78, 5) is 0. The molecule has 0 unspecified atom stereocenters. The zero-order valence-electron chi connectivity index (χ0n) is 2.49. The Morgan fingerprint density at radius 1 is 1.00 bits per heavy atom. The summed E-state index contributed by atoms with van der Waals surface area (Å²) in [6.45, 7) is 0. The van der Waals surface area contributed by atoms with Crippen LogP contribution >= 0.6 is 23.2 Å². The molecule has 0 radical (unpaired) electrons. The molecule has 0 aromatic heterocycles. The molecule has 0 spiro atoms. The van der Waals surface area contributed by atoms with E-state index in [0.717, 1.165) is 0 Å². The molecule has 36 valence electrons. The van der Waals surface area contributed by atoms with Gasteiger partial charge in [0.15, 0.2) is 0 Å². The molecule has 0 saturated carbocycles. The van der Waals surface area contributed by atoms with Crippen molar-refractivity contribution in [1.82, 2.24) is 0 Å². The maximum absolute atomic E-state index is 5.05. The molecule has 0 heterocycles. The van der Waals surface area contributed by atoms with Gasteiger partial charge in [-0.15, -0.1) is 23.2 Å². The first-order chi connectivity index (χ1) is 1.91. The van der Waals surface area contributed by atoms with Gasteiger partial charge in [0.25, 0.3) is 0 Å². The van der Waals surface area contributed by atoms with Crippen molar-refractivity contribution in [3.8, 4) is 0 Å². The predicted octanol–water partition coefficient (Wildman–Crippen LogP) is 1.46. The van der Waals surface area contributed by atoms with E-state index < -0.39 is 0 Å². The number of hydrogen-bond acceptors (Lipinski definition) is 0. The smallest absolute Gasteiger partial charge is 0.0359 e. The molecule has 0 aliphatic rings. The minimum absolute atomic E-state index is 0. The molecule has 5 heavy (non-hydrogen) atoms. The van der Waals surface area contributed by atoms with E-state index >= 15 is 0 Å². The van der Waals surface area contributed by atoms with Gasteiger partial charge in [-0.3, -0.25) is 0 Å². The molecule has 0 atom stereocenters. The molecule has 0 rings (SSSR count). The fraction of sp³-hybridized carbons (Fsp3) is 1.00. The third-order valence-corrected chi connectivity index (χ3v) is 0.643. The quantitative estimate of drug-likeness (QED) is 0.642. The summed E-state index contributed by atoms with van der Waals surface area (Å²) in [5.41, 5.74) is 0. The third kappa shape index (κ3) is 10.9. The van der Waals surface area contributed by atoms with Crippen LogP contribution in [-0.4, -0.2) is 11.8 Å². The molecule has 0 bridgehead atoms. The molecular formula is C2H4Cl2Pt. The molecule has 0 aliphatic heterocycles. The van der Waals surface area contributed by atoms with Crippen LogP contribution < -0.4 is 0 Å².